The third kappa shape index (κ3) is 4.71. The molecule has 0 radical (unpaired) electrons. The number of nitrogens with one attached hydrogen (secondary N) is 1. The third-order valence-electron chi connectivity index (χ3n) is 8.32. The number of aromatic nitrogens is 1. The number of allylic oxidation sites excluding steroid dienone is 1. The quantitative estimate of drug-likeness (QED) is 0.211. The second-order valence-corrected chi connectivity index (χ2v) is 10.6. The molecule has 0 aliphatic carbocycles. The summed E-state index contributed by atoms with van der Waals surface area (Å²) in [4.78, 5) is 7.18. The minimum atomic E-state index is 0.0434. The van der Waals surface area contributed by atoms with Crippen LogP contribution in [0.2, 0.25) is 0 Å². The van der Waals surface area contributed by atoms with E-state index in [4.69, 9.17) is 4.99 Å². The Labute approximate surface area is 257 Å². The number of hydrogen-bond donors (Lipinski definition) is 1. The summed E-state index contributed by atoms with van der Waals surface area (Å²) in [6.07, 6.45) is 7.56. The third-order valence-corrected chi connectivity index (χ3v) is 8.32. The molecular formula is C38H39N4P. The zero-order valence-corrected chi connectivity index (χ0v) is 26.4. The SMILES string of the molecule is C=c1c(=C)n(-c2cccc(C3=CCCCC=N3)c2)c2cc3c(cc12)NC1c2ccccc2-c2ccccc2N31.CC.CP. The maximum atomic E-state index is 4.73. The molecule has 1 aromatic heterocycles. The predicted octanol–water partition coefficient (Wildman–Crippen LogP) is 8.81. The van der Waals surface area contributed by atoms with Gasteiger partial charge in [0.1, 0.15) is 6.17 Å². The van der Waals surface area contributed by atoms with E-state index in [1.165, 1.54) is 28.1 Å². The minimum Gasteiger partial charge on any atom is -0.359 e. The summed E-state index contributed by atoms with van der Waals surface area (Å²) in [7, 11) is 2.42. The van der Waals surface area contributed by atoms with Gasteiger partial charge in [0.05, 0.1) is 28.3 Å². The molecule has 3 aliphatic heterocycles. The normalized spacial score (nSPS) is 15.8. The highest BCUT2D eigenvalue weighted by molar-refractivity contribution is 7.15. The average Bonchev–Trinajstić information content (AvgIpc) is 3.39. The Morgan fingerprint density at radius 1 is 0.837 bits per heavy atom. The molecule has 4 aromatic carbocycles. The van der Waals surface area contributed by atoms with Gasteiger partial charge in [0.15, 0.2) is 0 Å². The molecule has 0 saturated carbocycles. The molecule has 5 heteroatoms. The maximum Gasteiger partial charge on any atom is 0.131 e. The van der Waals surface area contributed by atoms with Crippen LogP contribution in [-0.2, 0) is 0 Å². The first-order valence-electron chi connectivity index (χ1n) is 15.2. The maximum absolute atomic E-state index is 4.73. The van der Waals surface area contributed by atoms with Crippen molar-refractivity contribution in [3.05, 3.63) is 113 Å². The van der Waals surface area contributed by atoms with E-state index in [0.717, 1.165) is 63.4 Å². The van der Waals surface area contributed by atoms with Crippen LogP contribution in [0.1, 0.15) is 50.4 Å². The minimum absolute atomic E-state index is 0.0434. The van der Waals surface area contributed by atoms with Crippen LogP contribution in [0.3, 0.4) is 0 Å². The number of para-hydroxylation sites is 1. The molecule has 0 bridgehead atoms. The van der Waals surface area contributed by atoms with Crippen LogP contribution < -0.4 is 20.8 Å². The molecule has 2 atom stereocenters. The Balaban J connectivity index is 0.000000792. The first kappa shape index (κ1) is 28.7. The second-order valence-electron chi connectivity index (χ2n) is 10.6. The van der Waals surface area contributed by atoms with Crippen molar-refractivity contribution in [2.24, 2.45) is 4.99 Å². The van der Waals surface area contributed by atoms with Crippen molar-refractivity contribution < 1.29 is 0 Å². The van der Waals surface area contributed by atoms with E-state index >= 15 is 0 Å². The first-order chi connectivity index (χ1) is 21.2. The van der Waals surface area contributed by atoms with Crippen LogP contribution in [0, 0.1) is 0 Å². The molecule has 5 aromatic rings. The lowest BCUT2D eigenvalue weighted by atomic mass is 9.91. The Bertz CT molecular complexity index is 1980. The van der Waals surface area contributed by atoms with Crippen molar-refractivity contribution in [2.75, 3.05) is 16.9 Å². The van der Waals surface area contributed by atoms with Gasteiger partial charge in [0, 0.05) is 44.5 Å². The van der Waals surface area contributed by atoms with E-state index in [9.17, 15) is 0 Å². The van der Waals surface area contributed by atoms with Gasteiger partial charge in [-0.2, -0.15) is 0 Å². The van der Waals surface area contributed by atoms with E-state index < -0.39 is 0 Å². The Kier molecular flexibility index (Phi) is 8.06. The van der Waals surface area contributed by atoms with Gasteiger partial charge in [-0.15, -0.1) is 9.24 Å². The molecule has 0 saturated heterocycles. The number of hydrogen-bond acceptors (Lipinski definition) is 3. The lowest BCUT2D eigenvalue weighted by Gasteiger charge is -2.35. The standard InChI is InChI=1S/C35H28N4.C2H6.CH5P/c1-22-23(2)38(25-12-10-11-24(19-25)30-16-4-3-9-18-36-30)33-21-34-31(20-29(22)33)37-35-28-15-6-5-13-26(28)27-14-7-8-17-32(27)39(34)35;2*1-2/h5-8,10-21,35,37H,1-4,9H2;1-2H3;2H2,1H3. The van der Waals surface area contributed by atoms with Crippen LogP contribution in [0.5, 0.6) is 0 Å². The molecule has 0 fully saturated rings. The van der Waals surface area contributed by atoms with Crippen LogP contribution in [0.4, 0.5) is 17.1 Å². The Morgan fingerprint density at radius 2 is 1.60 bits per heavy atom. The summed E-state index contributed by atoms with van der Waals surface area (Å²) in [6, 6.07) is 30.6. The lowest BCUT2D eigenvalue weighted by molar-refractivity contribution is 0.819. The summed E-state index contributed by atoms with van der Waals surface area (Å²) >= 11 is 0. The fourth-order valence-electron chi connectivity index (χ4n) is 6.44. The fourth-order valence-corrected chi connectivity index (χ4v) is 6.44. The molecule has 4 heterocycles. The van der Waals surface area contributed by atoms with Gasteiger partial charge in [0.25, 0.3) is 0 Å². The monoisotopic (exact) mass is 582 g/mol. The largest absolute Gasteiger partial charge is 0.359 e. The Morgan fingerprint density at radius 3 is 2.44 bits per heavy atom. The van der Waals surface area contributed by atoms with Crippen LogP contribution >= 0.6 is 9.24 Å². The summed E-state index contributed by atoms with van der Waals surface area (Å²) in [5.74, 6) is 0. The van der Waals surface area contributed by atoms with E-state index in [1.54, 1.807) is 0 Å². The van der Waals surface area contributed by atoms with Gasteiger partial charge in [-0.3, -0.25) is 4.99 Å². The molecule has 2 unspecified atom stereocenters. The van der Waals surface area contributed by atoms with Crippen LogP contribution in [0.15, 0.2) is 96.0 Å². The van der Waals surface area contributed by atoms with Gasteiger partial charge in [-0.25, -0.2) is 0 Å². The predicted molar refractivity (Wildman–Crippen MR) is 191 cm³/mol. The summed E-state index contributed by atoms with van der Waals surface area (Å²) in [6.45, 7) is 14.8. The van der Waals surface area contributed by atoms with Crippen molar-refractivity contribution in [1.82, 2.24) is 4.57 Å². The van der Waals surface area contributed by atoms with Crippen LogP contribution in [-0.4, -0.2) is 17.4 Å². The van der Waals surface area contributed by atoms with Gasteiger partial charge >= 0.3 is 0 Å². The Hall–Kier alpha value is -4.40. The topological polar surface area (TPSA) is 32.6 Å². The summed E-state index contributed by atoms with van der Waals surface area (Å²) in [5.41, 5.74) is 11.7. The molecule has 0 spiro atoms. The number of rotatable bonds is 2. The van der Waals surface area contributed by atoms with Crippen molar-refractivity contribution in [1.29, 1.82) is 0 Å². The smallest absolute Gasteiger partial charge is 0.131 e. The van der Waals surface area contributed by atoms with Crippen molar-refractivity contribution in [3.8, 4) is 16.8 Å². The number of anilines is 3. The lowest BCUT2D eigenvalue weighted by Crippen LogP contribution is -2.27. The molecule has 8 rings (SSSR count). The molecule has 4 nitrogen and oxygen atoms in total. The van der Waals surface area contributed by atoms with E-state index in [-0.39, 0.29) is 6.17 Å². The van der Waals surface area contributed by atoms with Gasteiger partial charge < -0.3 is 14.8 Å². The highest BCUT2D eigenvalue weighted by Gasteiger charge is 2.38. The number of fused-ring (bicyclic) bond motifs is 9. The number of nitrogens with zero attached hydrogens (tertiary/aromatic N) is 3. The zero-order chi connectivity index (χ0) is 30.1. The molecule has 0 amide bonds. The zero-order valence-electron chi connectivity index (χ0n) is 25.3. The second kappa shape index (κ2) is 12.1. The van der Waals surface area contributed by atoms with E-state index in [1.807, 2.05) is 26.7 Å². The molecular weight excluding hydrogens is 543 g/mol. The van der Waals surface area contributed by atoms with E-state index in [0.29, 0.717) is 0 Å². The van der Waals surface area contributed by atoms with Crippen molar-refractivity contribution in [2.45, 2.75) is 39.3 Å². The van der Waals surface area contributed by atoms with E-state index in [2.05, 4.69) is 128 Å². The molecule has 1 N–H and O–H groups in total. The highest BCUT2D eigenvalue weighted by Crippen LogP contribution is 2.54. The van der Waals surface area contributed by atoms with Crippen molar-refractivity contribution >= 4 is 62.3 Å². The summed E-state index contributed by atoms with van der Waals surface area (Å²) in [5, 5.41) is 6.80. The van der Waals surface area contributed by atoms with Gasteiger partial charge in [-0.1, -0.05) is 94.3 Å². The average molecular weight is 583 g/mol. The van der Waals surface area contributed by atoms with Gasteiger partial charge in [0.2, 0.25) is 0 Å². The van der Waals surface area contributed by atoms with Crippen molar-refractivity contribution in [3.63, 3.8) is 0 Å². The highest BCUT2D eigenvalue weighted by atomic mass is 31.0. The first-order valence-corrected chi connectivity index (χ1v) is 16.4. The number of aliphatic imine (C=N–C) groups is 1. The van der Waals surface area contributed by atoms with Crippen LogP contribution in [0.25, 0.3) is 46.6 Å². The summed E-state index contributed by atoms with van der Waals surface area (Å²) < 4.78 is 2.25. The van der Waals surface area contributed by atoms with Gasteiger partial charge in [-0.05, 0) is 55.2 Å². The molecule has 3 aliphatic rings. The molecule has 43 heavy (non-hydrogen) atoms. The fraction of sp³-hybridized carbons (Fsp3) is 0.184. The number of benzene rings is 4. The molecule has 216 valence electrons.